The molecule has 3 heterocycles. The van der Waals surface area contributed by atoms with Crippen molar-refractivity contribution in [3.05, 3.63) is 48.2 Å². The van der Waals surface area contributed by atoms with Crippen LogP contribution in [-0.2, 0) is 11.8 Å². The minimum absolute atomic E-state index is 0.0205. The average Bonchev–Trinajstić information content (AvgIpc) is 3.58. The maximum absolute atomic E-state index is 13.7. The number of halogens is 3. The zero-order valence-electron chi connectivity index (χ0n) is 25.0. The molecule has 0 aliphatic heterocycles. The number of aromatic nitrogens is 5. The monoisotopic (exact) mass is 581 g/mol. The van der Waals surface area contributed by atoms with Crippen LogP contribution in [0.25, 0.3) is 22.1 Å². The van der Waals surface area contributed by atoms with Crippen LogP contribution in [0.2, 0.25) is 0 Å². The van der Waals surface area contributed by atoms with Gasteiger partial charge in [-0.2, -0.15) is 13.2 Å². The zero-order valence-corrected chi connectivity index (χ0v) is 25.0. The third-order valence-electron chi connectivity index (χ3n) is 9.72. The molecule has 2 saturated carbocycles. The number of hydrogen-bond acceptors (Lipinski definition) is 5. The molecule has 10 heteroatoms. The predicted octanol–water partition coefficient (Wildman–Crippen LogP) is 7.05. The molecule has 0 amide bonds. The fourth-order valence-electron chi connectivity index (χ4n) is 7.16. The van der Waals surface area contributed by atoms with Gasteiger partial charge in [0.25, 0.3) is 0 Å². The third kappa shape index (κ3) is 6.00. The van der Waals surface area contributed by atoms with Gasteiger partial charge >= 0.3 is 6.18 Å². The Kier molecular flexibility index (Phi) is 7.48. The van der Waals surface area contributed by atoms with Crippen LogP contribution < -0.4 is 5.73 Å². The van der Waals surface area contributed by atoms with Crippen LogP contribution in [0.3, 0.4) is 0 Å². The molecule has 3 unspecified atom stereocenters. The summed E-state index contributed by atoms with van der Waals surface area (Å²) in [4.78, 5) is 18.5. The Balaban J connectivity index is 1.06. The highest BCUT2D eigenvalue weighted by Gasteiger charge is 2.42. The van der Waals surface area contributed by atoms with Gasteiger partial charge in [0.15, 0.2) is 0 Å². The molecule has 3 aromatic heterocycles. The van der Waals surface area contributed by atoms with E-state index in [0.717, 1.165) is 66.4 Å². The number of nitrogens with one attached hydrogen (secondary N) is 1. The van der Waals surface area contributed by atoms with Gasteiger partial charge in [-0.25, -0.2) is 15.0 Å². The number of imidazole rings is 1. The third-order valence-corrected chi connectivity index (χ3v) is 9.72. The van der Waals surface area contributed by atoms with E-state index in [1.807, 2.05) is 12.3 Å². The zero-order chi connectivity index (χ0) is 29.8. The smallest absolute Gasteiger partial charge is 0.383 e. The maximum atomic E-state index is 13.7. The SMILES string of the molecule is CC1CC(n2ccc3c(N)ncnc32)CC1CN(CC(F)(F)F)C1CC(CCc2nc3ccc(C(C)(C)C)cc3[nH]2)C1. The summed E-state index contributed by atoms with van der Waals surface area (Å²) < 4.78 is 43.2. The summed E-state index contributed by atoms with van der Waals surface area (Å²) in [5, 5.41) is 0.824. The lowest BCUT2D eigenvalue weighted by atomic mass is 9.76. The first-order valence-corrected chi connectivity index (χ1v) is 15.2. The summed E-state index contributed by atoms with van der Waals surface area (Å²) in [6, 6.07) is 8.49. The van der Waals surface area contributed by atoms with E-state index in [0.29, 0.717) is 24.2 Å². The Labute approximate surface area is 245 Å². The summed E-state index contributed by atoms with van der Waals surface area (Å²) >= 11 is 0. The lowest BCUT2D eigenvalue weighted by molar-refractivity contribution is -0.158. The minimum Gasteiger partial charge on any atom is -0.383 e. The second-order valence-electron chi connectivity index (χ2n) is 13.8. The normalized spacial score (nSPS) is 25.1. The maximum Gasteiger partial charge on any atom is 0.401 e. The second-order valence-corrected chi connectivity index (χ2v) is 13.8. The van der Waals surface area contributed by atoms with Gasteiger partial charge < -0.3 is 15.3 Å². The Hall–Kier alpha value is -3.14. The van der Waals surface area contributed by atoms with Crippen molar-refractivity contribution in [3.63, 3.8) is 0 Å². The van der Waals surface area contributed by atoms with Gasteiger partial charge in [-0.3, -0.25) is 4.90 Å². The number of nitrogens with zero attached hydrogens (tertiary/aromatic N) is 5. The quantitative estimate of drug-likeness (QED) is 0.233. The second kappa shape index (κ2) is 10.8. The van der Waals surface area contributed by atoms with Gasteiger partial charge in [-0.1, -0.05) is 33.8 Å². The van der Waals surface area contributed by atoms with E-state index in [1.54, 1.807) is 4.90 Å². The summed E-state index contributed by atoms with van der Waals surface area (Å²) in [6.45, 7) is 8.40. The van der Waals surface area contributed by atoms with Crippen LogP contribution in [0.15, 0.2) is 36.8 Å². The molecule has 0 radical (unpaired) electrons. The van der Waals surface area contributed by atoms with E-state index in [-0.39, 0.29) is 23.4 Å². The first kappa shape index (κ1) is 29.0. The van der Waals surface area contributed by atoms with E-state index in [9.17, 15) is 13.2 Å². The van der Waals surface area contributed by atoms with Crippen molar-refractivity contribution >= 4 is 27.9 Å². The number of fused-ring (bicyclic) bond motifs is 2. The summed E-state index contributed by atoms with van der Waals surface area (Å²) in [6.07, 6.45) is 4.39. The number of benzene rings is 1. The Morgan fingerprint density at radius 2 is 1.86 bits per heavy atom. The molecule has 2 fully saturated rings. The lowest BCUT2D eigenvalue weighted by Crippen LogP contribution is -2.50. The fourth-order valence-corrected chi connectivity index (χ4v) is 7.16. The molecular formula is C32H42F3N7. The van der Waals surface area contributed by atoms with Gasteiger partial charge in [0.1, 0.15) is 23.6 Å². The number of anilines is 1. The van der Waals surface area contributed by atoms with Crippen molar-refractivity contribution in [3.8, 4) is 0 Å². The van der Waals surface area contributed by atoms with Gasteiger partial charge in [-0.05, 0) is 79.0 Å². The summed E-state index contributed by atoms with van der Waals surface area (Å²) in [5.74, 6) is 2.36. The molecule has 226 valence electrons. The van der Waals surface area contributed by atoms with Crippen LogP contribution in [0.5, 0.6) is 0 Å². The number of aryl methyl sites for hydroxylation is 1. The van der Waals surface area contributed by atoms with Crippen LogP contribution >= 0.6 is 0 Å². The lowest BCUT2D eigenvalue weighted by Gasteiger charge is -2.44. The number of nitrogen functional groups attached to an aromatic ring is 1. The molecule has 4 aromatic rings. The number of hydrogen-bond donors (Lipinski definition) is 2. The van der Waals surface area contributed by atoms with Gasteiger partial charge in [0.05, 0.1) is 23.0 Å². The molecule has 2 aliphatic rings. The molecular weight excluding hydrogens is 539 g/mol. The van der Waals surface area contributed by atoms with Gasteiger partial charge in [-0.15, -0.1) is 0 Å². The van der Waals surface area contributed by atoms with Crippen LogP contribution in [0.1, 0.15) is 77.2 Å². The van der Waals surface area contributed by atoms with Crippen molar-refractivity contribution < 1.29 is 13.2 Å². The van der Waals surface area contributed by atoms with E-state index in [2.05, 4.69) is 65.4 Å². The van der Waals surface area contributed by atoms with E-state index >= 15 is 0 Å². The van der Waals surface area contributed by atoms with Gasteiger partial charge in [0, 0.05) is 31.2 Å². The first-order valence-electron chi connectivity index (χ1n) is 15.2. The minimum atomic E-state index is -4.21. The van der Waals surface area contributed by atoms with Crippen molar-refractivity contribution in [2.24, 2.45) is 17.8 Å². The first-order chi connectivity index (χ1) is 19.8. The van der Waals surface area contributed by atoms with E-state index < -0.39 is 12.7 Å². The molecule has 3 N–H and O–H groups in total. The highest BCUT2D eigenvalue weighted by atomic mass is 19.4. The molecule has 0 spiro atoms. The molecule has 2 aliphatic carbocycles. The van der Waals surface area contributed by atoms with Crippen LogP contribution in [0.4, 0.5) is 19.0 Å². The Bertz CT molecular complexity index is 1540. The number of alkyl halides is 3. The molecule has 0 saturated heterocycles. The van der Waals surface area contributed by atoms with Crippen LogP contribution in [0, 0.1) is 17.8 Å². The number of nitrogens with two attached hydrogens (primary N) is 1. The standard InChI is InChI=1S/C32H42F3N7/c1-19-11-24(42-10-9-25-29(36)37-18-38-30(25)42)14-21(19)16-41(17-32(33,34)35)23-12-20(13-23)5-8-28-39-26-7-6-22(31(2,3)4)15-27(26)40-28/h6-7,9-10,15,18-21,23-24H,5,8,11-14,16-17H2,1-4H3,(H,39,40)(H2,36,37,38). The number of aromatic amines is 1. The average molecular weight is 582 g/mol. The van der Waals surface area contributed by atoms with Crippen molar-refractivity contribution in [2.45, 2.75) is 89.9 Å². The Morgan fingerprint density at radius 1 is 1.07 bits per heavy atom. The number of rotatable bonds is 8. The molecule has 42 heavy (non-hydrogen) atoms. The largest absolute Gasteiger partial charge is 0.401 e. The Morgan fingerprint density at radius 3 is 2.60 bits per heavy atom. The topological polar surface area (TPSA) is 88.7 Å². The fraction of sp³-hybridized carbons (Fsp3) is 0.594. The molecule has 3 atom stereocenters. The van der Waals surface area contributed by atoms with E-state index in [4.69, 9.17) is 10.7 Å². The predicted molar refractivity (Wildman–Crippen MR) is 160 cm³/mol. The molecule has 1 aromatic carbocycles. The molecule has 0 bridgehead atoms. The summed E-state index contributed by atoms with van der Waals surface area (Å²) in [5.41, 5.74) is 10.2. The van der Waals surface area contributed by atoms with Crippen molar-refractivity contribution in [1.82, 2.24) is 29.4 Å². The summed E-state index contributed by atoms with van der Waals surface area (Å²) in [7, 11) is 0. The highest BCUT2D eigenvalue weighted by Crippen LogP contribution is 2.43. The van der Waals surface area contributed by atoms with Gasteiger partial charge in [0.2, 0.25) is 0 Å². The van der Waals surface area contributed by atoms with Crippen molar-refractivity contribution in [2.75, 3.05) is 18.8 Å². The molecule has 7 nitrogen and oxygen atoms in total. The van der Waals surface area contributed by atoms with Crippen LogP contribution in [-0.4, -0.2) is 54.7 Å². The highest BCUT2D eigenvalue weighted by molar-refractivity contribution is 5.86. The van der Waals surface area contributed by atoms with Crippen molar-refractivity contribution in [1.29, 1.82) is 0 Å². The van der Waals surface area contributed by atoms with E-state index in [1.165, 1.54) is 11.9 Å². The molecule has 6 rings (SSSR count). The number of H-pyrrole nitrogens is 1.